The molecule has 12 nitrogen and oxygen atoms in total. The van der Waals surface area contributed by atoms with Gasteiger partial charge in [0.15, 0.2) is 0 Å². The molecule has 0 radical (unpaired) electrons. The van der Waals surface area contributed by atoms with Gasteiger partial charge in [-0.25, -0.2) is 9.59 Å². The van der Waals surface area contributed by atoms with Gasteiger partial charge >= 0.3 is 19.8 Å². The van der Waals surface area contributed by atoms with Gasteiger partial charge in [-0.05, 0) is 71.3 Å². The van der Waals surface area contributed by atoms with Crippen LogP contribution in [0.1, 0.15) is 71.4 Å². The minimum atomic E-state index is -3.86. The van der Waals surface area contributed by atoms with Crippen LogP contribution in [0.15, 0.2) is 122 Å². The summed E-state index contributed by atoms with van der Waals surface area (Å²) in [6.07, 6.45) is 0.135. The maximum Gasteiger partial charge on any atom is 0.407 e. The number of hydrogen-bond donors (Lipinski definition) is 3. The Labute approximate surface area is 367 Å². The van der Waals surface area contributed by atoms with Crippen molar-refractivity contribution in [3.63, 3.8) is 0 Å². The Morgan fingerprint density at radius 2 is 1.31 bits per heavy atom. The van der Waals surface area contributed by atoms with E-state index in [0.29, 0.717) is 13.0 Å². The fourth-order valence-corrected chi connectivity index (χ4v) is 13.9. The summed E-state index contributed by atoms with van der Waals surface area (Å²) in [6, 6.07) is 35.5. The van der Waals surface area contributed by atoms with Gasteiger partial charge < -0.3 is 38.9 Å². The normalized spacial score (nSPS) is 14.1. The molecule has 5 rings (SSSR count). The Morgan fingerprint density at radius 3 is 1.85 bits per heavy atom. The molecule has 2 unspecified atom stereocenters. The summed E-state index contributed by atoms with van der Waals surface area (Å²) < 4.78 is 43.4. The number of carbonyl (C=O) groups is 3. The van der Waals surface area contributed by atoms with Gasteiger partial charge in [-0.2, -0.15) is 0 Å². The number of alkyl carbamates (subject to hydrolysis) is 2. The average Bonchev–Trinajstić information content (AvgIpc) is 3.56. The van der Waals surface area contributed by atoms with Crippen molar-refractivity contribution in [2.45, 2.75) is 77.0 Å². The Bertz CT molecular complexity index is 2070. The summed E-state index contributed by atoms with van der Waals surface area (Å²) >= 11 is 0. The van der Waals surface area contributed by atoms with Crippen LogP contribution in [0.3, 0.4) is 0 Å². The zero-order valence-corrected chi connectivity index (χ0v) is 38.7. The van der Waals surface area contributed by atoms with E-state index in [2.05, 4.69) is 79.7 Å². The molecule has 62 heavy (non-hydrogen) atoms. The third-order valence-electron chi connectivity index (χ3n) is 10.4. The molecule has 1 aliphatic rings. The smallest absolute Gasteiger partial charge is 0.407 e. The second-order valence-corrected chi connectivity index (χ2v) is 23.6. The molecule has 332 valence electrons. The number of hydrogen-bond acceptors (Lipinski definition) is 9. The van der Waals surface area contributed by atoms with Gasteiger partial charge in [0, 0.05) is 25.6 Å². The summed E-state index contributed by atoms with van der Waals surface area (Å²) in [4.78, 5) is 39.6. The lowest BCUT2D eigenvalue weighted by Gasteiger charge is -2.43. The molecular formula is C48H62N3O9PSi. The number of amides is 3. The first-order valence-electron chi connectivity index (χ1n) is 21.2. The molecule has 1 aliphatic carbocycles. The van der Waals surface area contributed by atoms with Crippen LogP contribution in [0.25, 0.3) is 11.1 Å². The molecule has 0 bridgehead atoms. The number of benzene rings is 4. The van der Waals surface area contributed by atoms with E-state index < -0.39 is 45.6 Å². The van der Waals surface area contributed by atoms with E-state index in [0.717, 1.165) is 32.6 Å². The van der Waals surface area contributed by atoms with Gasteiger partial charge in [-0.1, -0.05) is 136 Å². The van der Waals surface area contributed by atoms with E-state index in [1.165, 1.54) is 6.08 Å². The molecule has 0 heterocycles. The summed E-state index contributed by atoms with van der Waals surface area (Å²) in [5.74, 6) is -0.683. The van der Waals surface area contributed by atoms with Crippen molar-refractivity contribution in [1.82, 2.24) is 16.0 Å². The van der Waals surface area contributed by atoms with Gasteiger partial charge in [0.2, 0.25) is 5.91 Å². The van der Waals surface area contributed by atoms with Crippen LogP contribution in [-0.4, -0.2) is 83.7 Å². The first kappa shape index (κ1) is 48.0. The monoisotopic (exact) mass is 883 g/mol. The summed E-state index contributed by atoms with van der Waals surface area (Å²) in [5.41, 5.74) is 3.58. The maximum atomic E-state index is 14.0. The fourth-order valence-electron chi connectivity index (χ4n) is 7.72. The van der Waals surface area contributed by atoms with Crippen molar-refractivity contribution in [3.05, 3.63) is 133 Å². The minimum Gasteiger partial charge on any atom is -0.449 e. The van der Waals surface area contributed by atoms with Crippen LogP contribution in [0.4, 0.5) is 9.59 Å². The van der Waals surface area contributed by atoms with Crippen molar-refractivity contribution < 1.29 is 41.9 Å². The number of nitrogens with one attached hydrogen (secondary N) is 3. The van der Waals surface area contributed by atoms with Crippen molar-refractivity contribution in [2.75, 3.05) is 45.7 Å². The molecule has 4 aromatic carbocycles. The highest BCUT2D eigenvalue weighted by molar-refractivity contribution is 7.53. The molecule has 14 heteroatoms. The molecule has 0 saturated carbocycles. The second kappa shape index (κ2) is 21.8. The van der Waals surface area contributed by atoms with Crippen molar-refractivity contribution in [3.8, 4) is 11.1 Å². The van der Waals surface area contributed by atoms with Crippen LogP contribution in [-0.2, 0) is 32.3 Å². The Balaban J connectivity index is 1.26. The molecule has 0 spiro atoms. The molecule has 2 atom stereocenters. The topological polar surface area (TPSA) is 151 Å². The lowest BCUT2D eigenvalue weighted by molar-refractivity contribution is -0.123. The predicted octanol–water partition coefficient (Wildman–Crippen LogP) is 8.30. The van der Waals surface area contributed by atoms with E-state index in [4.69, 9.17) is 22.9 Å². The fraction of sp³-hybridized carbons (Fsp3) is 0.396. The zero-order valence-electron chi connectivity index (χ0n) is 36.8. The van der Waals surface area contributed by atoms with E-state index >= 15 is 0 Å². The first-order valence-corrected chi connectivity index (χ1v) is 24.8. The zero-order chi connectivity index (χ0) is 44.8. The second-order valence-electron chi connectivity index (χ2n) is 17.1. The van der Waals surface area contributed by atoms with Gasteiger partial charge in [-0.3, -0.25) is 9.36 Å². The van der Waals surface area contributed by atoms with Crippen molar-refractivity contribution >= 4 is 44.4 Å². The van der Waals surface area contributed by atoms with Crippen LogP contribution in [0, 0.1) is 0 Å². The number of carbonyl (C=O) groups excluding carboxylic acids is 3. The van der Waals surface area contributed by atoms with E-state index in [-0.39, 0.29) is 56.4 Å². The van der Waals surface area contributed by atoms with E-state index in [9.17, 15) is 18.9 Å². The lowest BCUT2D eigenvalue weighted by atomic mass is 9.98. The van der Waals surface area contributed by atoms with Crippen LogP contribution in [0.5, 0.6) is 0 Å². The van der Waals surface area contributed by atoms with Crippen molar-refractivity contribution in [2.24, 2.45) is 0 Å². The minimum absolute atomic E-state index is 0.00571. The highest BCUT2D eigenvalue weighted by atomic mass is 31.2. The molecular weight excluding hydrogens is 822 g/mol. The van der Waals surface area contributed by atoms with Crippen LogP contribution < -0.4 is 26.3 Å². The third-order valence-corrected chi connectivity index (χ3v) is 17.4. The first-order chi connectivity index (χ1) is 29.6. The third kappa shape index (κ3) is 12.8. The Morgan fingerprint density at radius 1 is 0.742 bits per heavy atom. The highest BCUT2D eigenvalue weighted by Gasteiger charge is 2.50. The molecule has 3 N–H and O–H groups in total. The van der Waals surface area contributed by atoms with Crippen molar-refractivity contribution in [1.29, 1.82) is 0 Å². The number of fused-ring (bicyclic) bond motifs is 3. The maximum absolute atomic E-state index is 14.0. The molecule has 4 aromatic rings. The van der Waals surface area contributed by atoms with Gasteiger partial charge in [0.05, 0.1) is 19.4 Å². The number of rotatable bonds is 21. The van der Waals surface area contributed by atoms with E-state index in [1.54, 1.807) is 20.8 Å². The van der Waals surface area contributed by atoms with Gasteiger partial charge in [0.1, 0.15) is 18.2 Å². The van der Waals surface area contributed by atoms with E-state index in [1.807, 2.05) is 72.8 Å². The molecule has 0 aromatic heterocycles. The number of ether oxygens (including phenoxy) is 2. The lowest BCUT2D eigenvalue weighted by Crippen LogP contribution is -2.66. The van der Waals surface area contributed by atoms with Crippen LogP contribution >= 0.6 is 7.60 Å². The largest absolute Gasteiger partial charge is 0.449 e. The summed E-state index contributed by atoms with van der Waals surface area (Å²) in [7, 11) is -6.65. The van der Waals surface area contributed by atoms with Crippen LogP contribution in [0.2, 0.25) is 5.04 Å². The summed E-state index contributed by atoms with van der Waals surface area (Å²) in [6.45, 7) is 15.9. The summed E-state index contributed by atoms with van der Waals surface area (Å²) in [5, 5.41) is 10.3. The molecule has 0 fully saturated rings. The quantitative estimate of drug-likeness (QED) is 0.0325. The Hall–Kier alpha value is -5.04. The average molecular weight is 884 g/mol. The SMILES string of the molecule is C=CCOP(=O)(CCC(NC(=O)OCC1c2ccccc2-c2ccccc21)C(=O)NCCCO[Si](c1ccccc1)(c1ccccc1)C(C)(C)C)OCCNC(=O)OC(C)(C)C. The Kier molecular flexibility index (Phi) is 16.9. The molecule has 0 saturated heterocycles. The molecule has 0 aliphatic heterocycles. The standard InChI is InChI=1S/C48H62N3O9PSi/c1-8-31-57-61(55,58-33-30-50-45(53)60-47(2,3)4)34-28-43(51-46(54)56-35-42-40-26-17-15-24-38(40)39-25-16-18-27-41(39)42)44(52)49-29-19-32-59-62(48(5,6)7,36-20-11-9-12-21-36)37-22-13-10-14-23-37/h8-18,20-27,42-43H,1,19,28-35H2,2-7H3,(H,49,52)(H,50,53)(H,51,54). The van der Waals surface area contributed by atoms with Gasteiger partial charge in [-0.15, -0.1) is 6.58 Å². The molecule has 3 amide bonds. The predicted molar refractivity (Wildman–Crippen MR) is 247 cm³/mol. The highest BCUT2D eigenvalue weighted by Crippen LogP contribution is 2.49. The van der Waals surface area contributed by atoms with Gasteiger partial charge in [0.25, 0.3) is 8.32 Å².